The molecule has 1 saturated carbocycles. The maximum atomic E-state index is 12.2. The quantitative estimate of drug-likeness (QED) is 0.632. The monoisotopic (exact) mass is 314 g/mol. The van der Waals surface area contributed by atoms with Crippen LogP contribution in [0.5, 0.6) is 0 Å². The van der Waals surface area contributed by atoms with Gasteiger partial charge in [0.25, 0.3) is 0 Å². The minimum absolute atomic E-state index is 0.0264. The molecule has 22 heavy (non-hydrogen) atoms. The number of aliphatic hydroxyl groups is 1. The Morgan fingerprint density at radius 1 is 1.36 bits per heavy atom. The molecule has 0 amide bonds. The molecule has 3 aliphatic rings. The third-order valence-electron chi connectivity index (χ3n) is 5.60. The molecule has 1 spiro atoms. The summed E-state index contributed by atoms with van der Waals surface area (Å²) in [6, 6.07) is 0. The zero-order chi connectivity index (χ0) is 16.0. The molecule has 6 atom stereocenters. The maximum Gasteiger partial charge on any atom is 0.309 e. The molecule has 2 aliphatic heterocycles. The van der Waals surface area contributed by atoms with Crippen LogP contribution in [0.4, 0.5) is 0 Å². The van der Waals surface area contributed by atoms with Gasteiger partial charge in [-0.3, -0.25) is 4.79 Å². The van der Waals surface area contributed by atoms with Gasteiger partial charge in [0.2, 0.25) is 11.6 Å². The number of aliphatic hydroxyl groups excluding tert-OH is 1. The van der Waals surface area contributed by atoms with Gasteiger partial charge in [0.1, 0.15) is 6.61 Å². The minimum Gasteiger partial charge on any atom is -0.463 e. The Morgan fingerprint density at radius 3 is 2.86 bits per heavy atom. The summed E-state index contributed by atoms with van der Waals surface area (Å²) in [5.74, 6) is -1.61. The lowest BCUT2D eigenvalue weighted by molar-refractivity contribution is -0.371. The number of carbonyl (C=O) groups excluding carboxylic acids is 1. The first kappa shape index (κ1) is 16.2. The molecule has 2 unspecified atom stereocenters. The van der Waals surface area contributed by atoms with Crippen molar-refractivity contribution in [3.8, 4) is 0 Å². The van der Waals surface area contributed by atoms with E-state index in [1.807, 2.05) is 13.8 Å². The second-order valence-corrected chi connectivity index (χ2v) is 7.11. The molecule has 2 saturated heterocycles. The van der Waals surface area contributed by atoms with Crippen LogP contribution in [0.15, 0.2) is 0 Å². The summed E-state index contributed by atoms with van der Waals surface area (Å²) in [6.07, 6.45) is 3.66. The fourth-order valence-corrected chi connectivity index (χ4v) is 4.35. The fourth-order valence-electron chi connectivity index (χ4n) is 4.35. The van der Waals surface area contributed by atoms with Gasteiger partial charge in [-0.15, -0.1) is 0 Å². The van der Waals surface area contributed by atoms with Crippen molar-refractivity contribution in [1.29, 1.82) is 0 Å². The van der Waals surface area contributed by atoms with E-state index >= 15 is 0 Å². The second-order valence-electron chi connectivity index (χ2n) is 7.11. The van der Waals surface area contributed by atoms with Crippen LogP contribution < -0.4 is 0 Å². The van der Waals surface area contributed by atoms with Crippen molar-refractivity contribution >= 4 is 5.97 Å². The molecule has 6 heteroatoms. The van der Waals surface area contributed by atoms with E-state index in [0.29, 0.717) is 5.92 Å². The Bertz CT molecular complexity index is 440. The molecule has 2 bridgehead atoms. The molecule has 2 heterocycles. The highest BCUT2D eigenvalue weighted by atomic mass is 17.3. The van der Waals surface area contributed by atoms with E-state index in [2.05, 4.69) is 6.92 Å². The van der Waals surface area contributed by atoms with Gasteiger partial charge in [-0.1, -0.05) is 13.8 Å². The van der Waals surface area contributed by atoms with E-state index in [9.17, 15) is 4.79 Å². The van der Waals surface area contributed by atoms with E-state index in [1.165, 1.54) is 0 Å². The van der Waals surface area contributed by atoms with Gasteiger partial charge in [0.05, 0.1) is 12.5 Å². The van der Waals surface area contributed by atoms with Crippen molar-refractivity contribution in [2.45, 2.75) is 58.0 Å². The molecule has 1 aliphatic carbocycles. The summed E-state index contributed by atoms with van der Waals surface area (Å²) in [6.45, 7) is 5.82. The molecule has 0 radical (unpaired) electrons. The molecule has 0 aromatic carbocycles. The van der Waals surface area contributed by atoms with Crippen molar-refractivity contribution < 1.29 is 29.1 Å². The number of fused-ring (bicyclic) bond motifs is 1. The van der Waals surface area contributed by atoms with Crippen LogP contribution in [0, 0.1) is 23.7 Å². The van der Waals surface area contributed by atoms with Gasteiger partial charge in [-0.25, -0.2) is 0 Å². The van der Waals surface area contributed by atoms with Gasteiger partial charge in [0.15, 0.2) is 0 Å². The predicted octanol–water partition coefficient (Wildman–Crippen LogP) is 2.00. The standard InChI is InChI=1S/C16H26O6/c1-10-4-5-13(11(2)14(18)19-9-8-17)16-12(10)6-7-15(3,20-16)21-22-16/h10-13,17H,4-9H2,1-3H3/t10-,11-,12?,13?,15-,16-/m1/s1. The first-order valence-electron chi connectivity index (χ1n) is 8.26. The lowest BCUT2D eigenvalue weighted by atomic mass is 9.63. The number of hydrogen-bond acceptors (Lipinski definition) is 6. The molecule has 126 valence electrons. The average Bonchev–Trinajstić information content (AvgIpc) is 2.75. The van der Waals surface area contributed by atoms with Gasteiger partial charge < -0.3 is 14.6 Å². The van der Waals surface area contributed by atoms with E-state index in [1.54, 1.807) is 0 Å². The number of carbonyl (C=O) groups is 1. The molecular weight excluding hydrogens is 288 g/mol. The number of rotatable bonds is 4. The number of ether oxygens (including phenoxy) is 2. The minimum atomic E-state index is -0.845. The largest absolute Gasteiger partial charge is 0.463 e. The molecule has 0 aromatic rings. The first-order valence-corrected chi connectivity index (χ1v) is 8.26. The van der Waals surface area contributed by atoms with E-state index in [-0.39, 0.29) is 36.9 Å². The summed E-state index contributed by atoms with van der Waals surface area (Å²) in [5, 5.41) is 8.82. The van der Waals surface area contributed by atoms with Crippen LogP contribution >= 0.6 is 0 Å². The van der Waals surface area contributed by atoms with Crippen molar-refractivity contribution in [2.75, 3.05) is 13.2 Å². The number of hydrogen-bond donors (Lipinski definition) is 1. The van der Waals surface area contributed by atoms with Gasteiger partial charge in [0, 0.05) is 18.3 Å². The van der Waals surface area contributed by atoms with Crippen molar-refractivity contribution in [3.63, 3.8) is 0 Å². The Labute approximate surface area is 131 Å². The van der Waals surface area contributed by atoms with E-state index < -0.39 is 11.6 Å². The zero-order valence-corrected chi connectivity index (χ0v) is 13.5. The summed E-state index contributed by atoms with van der Waals surface area (Å²) >= 11 is 0. The highest BCUT2D eigenvalue weighted by Gasteiger charge is 2.66. The van der Waals surface area contributed by atoms with Gasteiger partial charge >= 0.3 is 5.97 Å². The van der Waals surface area contributed by atoms with Crippen LogP contribution in [0.1, 0.15) is 46.5 Å². The first-order chi connectivity index (χ1) is 10.4. The molecule has 1 N–H and O–H groups in total. The van der Waals surface area contributed by atoms with Crippen LogP contribution in [-0.4, -0.2) is 35.9 Å². The third kappa shape index (κ3) is 2.46. The highest BCUT2D eigenvalue weighted by molar-refractivity contribution is 5.72. The molecule has 6 nitrogen and oxygen atoms in total. The van der Waals surface area contributed by atoms with E-state index in [0.717, 1.165) is 25.7 Å². The molecular formula is C16H26O6. The molecule has 0 aromatic heterocycles. The SMILES string of the molecule is C[C@@H]1CCC([C@@H](C)C(=O)OCCO)[C@]23OO[C@](C)(CCC12)O3. The lowest BCUT2D eigenvalue weighted by Gasteiger charge is -2.50. The molecule has 3 fully saturated rings. The van der Waals surface area contributed by atoms with Gasteiger partial charge in [-0.05, 0) is 32.1 Å². The summed E-state index contributed by atoms with van der Waals surface area (Å²) in [7, 11) is 0. The lowest BCUT2D eigenvalue weighted by Crippen LogP contribution is -2.58. The molecule has 3 rings (SSSR count). The third-order valence-corrected chi connectivity index (χ3v) is 5.60. The van der Waals surface area contributed by atoms with Crippen LogP contribution in [0.25, 0.3) is 0 Å². The Morgan fingerprint density at radius 2 is 2.14 bits per heavy atom. The zero-order valence-electron chi connectivity index (χ0n) is 13.5. The topological polar surface area (TPSA) is 74.2 Å². The second kappa shape index (κ2) is 5.74. The fraction of sp³-hybridized carbons (Fsp3) is 0.938. The van der Waals surface area contributed by atoms with Crippen LogP contribution in [0.3, 0.4) is 0 Å². The summed E-state index contributed by atoms with van der Waals surface area (Å²) in [5.41, 5.74) is 0. The normalized spacial score (nSPS) is 45.2. The summed E-state index contributed by atoms with van der Waals surface area (Å²) < 4.78 is 11.3. The van der Waals surface area contributed by atoms with Crippen LogP contribution in [0.2, 0.25) is 0 Å². The van der Waals surface area contributed by atoms with Crippen LogP contribution in [-0.2, 0) is 24.0 Å². The Hall–Kier alpha value is -0.690. The predicted molar refractivity (Wildman–Crippen MR) is 76.2 cm³/mol. The van der Waals surface area contributed by atoms with Crippen molar-refractivity contribution in [2.24, 2.45) is 23.7 Å². The smallest absolute Gasteiger partial charge is 0.309 e. The van der Waals surface area contributed by atoms with E-state index in [4.69, 9.17) is 24.4 Å². The Balaban J connectivity index is 1.83. The number of esters is 1. The Kier molecular flexibility index (Phi) is 4.22. The van der Waals surface area contributed by atoms with Crippen molar-refractivity contribution in [3.05, 3.63) is 0 Å². The average molecular weight is 314 g/mol. The highest BCUT2D eigenvalue weighted by Crippen LogP contribution is 2.58. The summed E-state index contributed by atoms with van der Waals surface area (Å²) in [4.78, 5) is 23.5. The maximum absolute atomic E-state index is 12.2. The van der Waals surface area contributed by atoms with Gasteiger partial charge in [-0.2, -0.15) is 9.78 Å². The van der Waals surface area contributed by atoms with Crippen molar-refractivity contribution in [1.82, 2.24) is 0 Å².